The SMILES string of the molecule is Cc1ccc2c(c1)CC[C@@H]1[C@@H]2C[C@@H](O)[C@]2(C)C(=O)CC[C@@H]12. The van der Waals surface area contributed by atoms with Gasteiger partial charge in [-0.1, -0.05) is 23.8 Å². The molecule has 0 aromatic heterocycles. The maximum atomic E-state index is 12.3. The Hall–Kier alpha value is -1.15. The highest BCUT2D eigenvalue weighted by Crippen LogP contribution is 2.59. The van der Waals surface area contributed by atoms with E-state index >= 15 is 0 Å². The van der Waals surface area contributed by atoms with E-state index in [9.17, 15) is 9.90 Å². The molecule has 0 radical (unpaired) electrons. The Bertz CT molecular complexity index is 606. The van der Waals surface area contributed by atoms with Gasteiger partial charge in [-0.25, -0.2) is 0 Å². The van der Waals surface area contributed by atoms with Crippen molar-refractivity contribution in [1.82, 2.24) is 0 Å². The molecule has 112 valence electrons. The monoisotopic (exact) mass is 284 g/mol. The van der Waals surface area contributed by atoms with Gasteiger partial charge in [0.2, 0.25) is 0 Å². The van der Waals surface area contributed by atoms with Crippen LogP contribution in [0.25, 0.3) is 0 Å². The Labute approximate surface area is 126 Å². The maximum Gasteiger partial charge on any atom is 0.141 e. The Kier molecular flexibility index (Phi) is 2.85. The van der Waals surface area contributed by atoms with Crippen LogP contribution in [0.4, 0.5) is 0 Å². The Morgan fingerprint density at radius 2 is 2.05 bits per heavy atom. The third-order valence-electron chi connectivity index (χ3n) is 6.70. The molecule has 2 nitrogen and oxygen atoms in total. The van der Waals surface area contributed by atoms with E-state index in [2.05, 4.69) is 25.1 Å². The number of aliphatic hydroxyl groups is 1. The Morgan fingerprint density at radius 1 is 1.24 bits per heavy atom. The summed E-state index contributed by atoms with van der Waals surface area (Å²) < 4.78 is 0. The van der Waals surface area contributed by atoms with Crippen LogP contribution in [0.2, 0.25) is 0 Å². The lowest BCUT2D eigenvalue weighted by atomic mass is 9.54. The van der Waals surface area contributed by atoms with Crippen LogP contribution in [-0.2, 0) is 11.2 Å². The van der Waals surface area contributed by atoms with E-state index in [1.54, 1.807) is 0 Å². The van der Waals surface area contributed by atoms with E-state index in [0.717, 1.165) is 19.3 Å². The number of fused-ring (bicyclic) bond motifs is 5. The lowest BCUT2D eigenvalue weighted by Crippen LogP contribution is -2.51. The average molecular weight is 284 g/mol. The predicted molar refractivity (Wildman–Crippen MR) is 82.2 cm³/mol. The zero-order chi connectivity index (χ0) is 14.8. The van der Waals surface area contributed by atoms with Gasteiger partial charge in [0, 0.05) is 6.42 Å². The first-order valence-corrected chi connectivity index (χ1v) is 8.32. The van der Waals surface area contributed by atoms with Crippen LogP contribution < -0.4 is 0 Å². The molecule has 0 unspecified atom stereocenters. The van der Waals surface area contributed by atoms with Crippen molar-refractivity contribution in [2.24, 2.45) is 17.3 Å². The molecule has 2 heteroatoms. The van der Waals surface area contributed by atoms with Crippen LogP contribution in [0.3, 0.4) is 0 Å². The van der Waals surface area contributed by atoms with Gasteiger partial charge in [0.1, 0.15) is 5.78 Å². The predicted octanol–water partition coefficient (Wildman–Crippen LogP) is 3.39. The van der Waals surface area contributed by atoms with Crippen molar-refractivity contribution in [3.05, 3.63) is 34.9 Å². The average Bonchev–Trinajstić information content (AvgIpc) is 2.77. The van der Waals surface area contributed by atoms with E-state index in [1.165, 1.54) is 23.1 Å². The lowest BCUT2D eigenvalue weighted by molar-refractivity contribution is -0.140. The zero-order valence-electron chi connectivity index (χ0n) is 12.9. The number of aryl methyl sites for hydroxylation is 2. The third kappa shape index (κ3) is 1.72. The lowest BCUT2D eigenvalue weighted by Gasteiger charge is -2.50. The molecule has 0 amide bonds. The fraction of sp³-hybridized carbons (Fsp3) is 0.632. The van der Waals surface area contributed by atoms with Gasteiger partial charge in [-0.3, -0.25) is 4.79 Å². The maximum absolute atomic E-state index is 12.3. The van der Waals surface area contributed by atoms with Crippen molar-refractivity contribution in [3.63, 3.8) is 0 Å². The number of carbonyl (C=O) groups is 1. The highest BCUT2D eigenvalue weighted by molar-refractivity contribution is 5.88. The molecule has 0 aliphatic heterocycles. The number of Topliss-reactive ketones (excluding diaryl/α,β-unsaturated/α-hetero) is 1. The van der Waals surface area contributed by atoms with E-state index in [1.807, 2.05) is 6.92 Å². The molecule has 0 saturated heterocycles. The van der Waals surface area contributed by atoms with Gasteiger partial charge in [0.15, 0.2) is 0 Å². The van der Waals surface area contributed by atoms with Crippen LogP contribution in [0, 0.1) is 24.2 Å². The molecule has 5 atom stereocenters. The van der Waals surface area contributed by atoms with E-state index in [0.29, 0.717) is 30.0 Å². The van der Waals surface area contributed by atoms with Crippen molar-refractivity contribution >= 4 is 5.78 Å². The molecule has 1 aromatic carbocycles. The third-order valence-corrected chi connectivity index (χ3v) is 6.70. The Balaban J connectivity index is 1.77. The highest BCUT2D eigenvalue weighted by Gasteiger charge is 2.58. The largest absolute Gasteiger partial charge is 0.392 e. The van der Waals surface area contributed by atoms with Gasteiger partial charge in [-0.2, -0.15) is 0 Å². The zero-order valence-corrected chi connectivity index (χ0v) is 12.9. The summed E-state index contributed by atoms with van der Waals surface area (Å²) in [6, 6.07) is 6.78. The van der Waals surface area contributed by atoms with Crippen LogP contribution >= 0.6 is 0 Å². The summed E-state index contributed by atoms with van der Waals surface area (Å²) in [7, 11) is 0. The number of carbonyl (C=O) groups excluding carboxylic acids is 1. The summed E-state index contributed by atoms with van der Waals surface area (Å²) in [5, 5.41) is 10.7. The molecule has 0 spiro atoms. The van der Waals surface area contributed by atoms with Crippen molar-refractivity contribution in [3.8, 4) is 0 Å². The van der Waals surface area contributed by atoms with Gasteiger partial charge < -0.3 is 5.11 Å². The summed E-state index contributed by atoms with van der Waals surface area (Å²) in [5.41, 5.74) is 3.77. The molecule has 21 heavy (non-hydrogen) atoms. The van der Waals surface area contributed by atoms with E-state index in [-0.39, 0.29) is 0 Å². The van der Waals surface area contributed by atoms with E-state index < -0.39 is 11.5 Å². The minimum Gasteiger partial charge on any atom is -0.392 e. The molecular formula is C19H24O2. The normalized spacial score (nSPS) is 41.4. The molecule has 1 aromatic rings. The molecule has 0 heterocycles. The summed E-state index contributed by atoms with van der Waals surface area (Å²) in [5.74, 6) is 1.72. The number of hydrogen-bond acceptors (Lipinski definition) is 2. The molecule has 2 fully saturated rings. The number of benzene rings is 1. The molecule has 3 aliphatic carbocycles. The van der Waals surface area contributed by atoms with Crippen LogP contribution in [0.15, 0.2) is 18.2 Å². The van der Waals surface area contributed by atoms with Gasteiger partial charge in [0.05, 0.1) is 11.5 Å². The van der Waals surface area contributed by atoms with Gasteiger partial charge in [-0.15, -0.1) is 0 Å². The molecule has 4 rings (SSSR count). The van der Waals surface area contributed by atoms with Crippen LogP contribution in [0.1, 0.15) is 55.2 Å². The Morgan fingerprint density at radius 3 is 2.86 bits per heavy atom. The molecule has 0 bridgehead atoms. The first-order valence-electron chi connectivity index (χ1n) is 8.32. The van der Waals surface area contributed by atoms with Crippen molar-refractivity contribution in [2.45, 2.75) is 58.0 Å². The van der Waals surface area contributed by atoms with E-state index in [4.69, 9.17) is 0 Å². The summed E-state index contributed by atoms with van der Waals surface area (Å²) >= 11 is 0. The van der Waals surface area contributed by atoms with Crippen molar-refractivity contribution in [1.29, 1.82) is 0 Å². The number of ketones is 1. The van der Waals surface area contributed by atoms with Crippen LogP contribution in [0.5, 0.6) is 0 Å². The second kappa shape index (κ2) is 4.42. The summed E-state index contributed by atoms with van der Waals surface area (Å²) in [6.45, 7) is 4.17. The fourth-order valence-electron chi connectivity index (χ4n) is 5.49. The summed E-state index contributed by atoms with van der Waals surface area (Å²) in [6.07, 6.45) is 4.26. The quantitative estimate of drug-likeness (QED) is 0.793. The fourth-order valence-corrected chi connectivity index (χ4v) is 5.49. The molecule has 3 aliphatic rings. The number of rotatable bonds is 0. The molecule has 2 saturated carbocycles. The minimum atomic E-state index is -0.469. The topological polar surface area (TPSA) is 37.3 Å². The second-order valence-corrected chi connectivity index (χ2v) is 7.61. The first kappa shape index (κ1) is 13.5. The molecular weight excluding hydrogens is 260 g/mol. The molecule has 1 N–H and O–H groups in total. The van der Waals surface area contributed by atoms with Crippen molar-refractivity contribution < 1.29 is 9.90 Å². The van der Waals surface area contributed by atoms with Crippen molar-refractivity contribution in [2.75, 3.05) is 0 Å². The summed E-state index contributed by atoms with van der Waals surface area (Å²) in [4.78, 5) is 12.3. The van der Waals surface area contributed by atoms with Gasteiger partial charge in [-0.05, 0) is 68.4 Å². The highest BCUT2D eigenvalue weighted by atomic mass is 16.3. The second-order valence-electron chi connectivity index (χ2n) is 7.61. The standard InChI is InChI=1S/C19H24O2/c1-11-3-5-13-12(9-11)4-6-14-15(13)10-18(21)19(2)16(14)7-8-17(19)20/h3,5,9,14-16,18,21H,4,6-8,10H2,1-2H3/t14-,15-,16+,18-,19+/m1/s1. The van der Waals surface area contributed by atoms with Gasteiger partial charge in [0.25, 0.3) is 0 Å². The number of hydrogen-bond donors (Lipinski definition) is 1. The first-order chi connectivity index (χ1) is 10.0. The smallest absolute Gasteiger partial charge is 0.141 e. The van der Waals surface area contributed by atoms with Gasteiger partial charge >= 0.3 is 0 Å². The number of aliphatic hydroxyl groups excluding tert-OH is 1. The minimum absolute atomic E-state index is 0.299. The van der Waals surface area contributed by atoms with Crippen LogP contribution in [-0.4, -0.2) is 17.0 Å².